The average molecular weight is 309 g/mol. The van der Waals surface area contributed by atoms with Gasteiger partial charge in [-0.1, -0.05) is 6.92 Å². The monoisotopic (exact) mass is 309 g/mol. The molecule has 0 aromatic heterocycles. The van der Waals surface area contributed by atoms with Crippen molar-refractivity contribution in [3.8, 4) is 0 Å². The van der Waals surface area contributed by atoms with E-state index in [4.69, 9.17) is 4.74 Å². The molecule has 1 atom stereocenters. The van der Waals surface area contributed by atoms with Gasteiger partial charge in [-0.05, 0) is 25.2 Å². The van der Waals surface area contributed by atoms with Crippen LogP contribution in [0.4, 0.5) is 0 Å². The molecule has 0 radical (unpaired) electrons. The molecule has 22 heavy (non-hydrogen) atoms. The van der Waals surface area contributed by atoms with E-state index in [9.17, 15) is 9.59 Å². The summed E-state index contributed by atoms with van der Waals surface area (Å²) in [4.78, 5) is 28.2. The first-order valence-electron chi connectivity index (χ1n) is 8.44. The number of nitrogens with one attached hydrogen (secondary N) is 1. The zero-order valence-corrected chi connectivity index (χ0v) is 13.6. The minimum absolute atomic E-state index is 0.0359. The maximum atomic E-state index is 12.1. The number of rotatable bonds is 5. The van der Waals surface area contributed by atoms with E-state index in [1.54, 1.807) is 7.05 Å². The molecule has 1 N–H and O–H groups in total. The predicted octanol–water partition coefficient (Wildman–Crippen LogP) is 0.224. The molecule has 0 aromatic carbocycles. The van der Waals surface area contributed by atoms with Gasteiger partial charge in [0.15, 0.2) is 0 Å². The number of morpholine rings is 1. The third-order valence-corrected chi connectivity index (χ3v) is 4.99. The Morgan fingerprint density at radius 1 is 1.27 bits per heavy atom. The Labute approximate surface area is 132 Å². The highest BCUT2D eigenvalue weighted by Crippen LogP contribution is 2.35. The predicted molar refractivity (Wildman–Crippen MR) is 82.3 cm³/mol. The van der Waals surface area contributed by atoms with Crippen molar-refractivity contribution in [2.75, 3.05) is 39.8 Å². The van der Waals surface area contributed by atoms with E-state index in [-0.39, 0.29) is 23.5 Å². The molecule has 2 saturated heterocycles. The third kappa shape index (κ3) is 3.13. The van der Waals surface area contributed by atoms with Crippen molar-refractivity contribution in [1.29, 1.82) is 0 Å². The van der Waals surface area contributed by atoms with Crippen molar-refractivity contribution in [3.05, 3.63) is 0 Å². The van der Waals surface area contributed by atoms with Crippen LogP contribution in [0.2, 0.25) is 0 Å². The highest BCUT2D eigenvalue weighted by Gasteiger charge is 2.52. The number of carbonyl (C=O) groups is 2. The van der Waals surface area contributed by atoms with Crippen LogP contribution in [0.15, 0.2) is 0 Å². The molecule has 0 aromatic rings. The Balaban J connectivity index is 1.60. The van der Waals surface area contributed by atoms with Crippen LogP contribution in [0.3, 0.4) is 0 Å². The van der Waals surface area contributed by atoms with Crippen molar-refractivity contribution in [1.82, 2.24) is 15.1 Å². The first-order chi connectivity index (χ1) is 10.6. The smallest absolute Gasteiger partial charge is 0.239 e. The minimum atomic E-state index is -0.247. The number of hydrogen-bond donors (Lipinski definition) is 1. The standard InChI is InChI=1S/C16H27N3O3/c1-3-4-14(20)19-10-16(11-19)9-18(7-12-5-6-12)13(8-22-16)15(21)17-2/h12-13H,3-11H2,1-2H3,(H,17,21)/t13-/m1/s1. The summed E-state index contributed by atoms with van der Waals surface area (Å²) >= 11 is 0. The lowest BCUT2D eigenvalue weighted by atomic mass is 9.89. The number of likely N-dealkylation sites (tertiary alicyclic amines) is 1. The fraction of sp³-hybridized carbons (Fsp3) is 0.875. The summed E-state index contributed by atoms with van der Waals surface area (Å²) in [5, 5.41) is 2.74. The Kier molecular flexibility index (Phi) is 4.41. The third-order valence-electron chi connectivity index (χ3n) is 4.99. The van der Waals surface area contributed by atoms with Crippen LogP contribution in [0, 0.1) is 5.92 Å². The molecular weight excluding hydrogens is 282 g/mol. The molecule has 2 amide bonds. The largest absolute Gasteiger partial charge is 0.368 e. The van der Waals surface area contributed by atoms with Crippen molar-refractivity contribution in [2.24, 2.45) is 5.92 Å². The fourth-order valence-electron chi connectivity index (χ4n) is 3.51. The summed E-state index contributed by atoms with van der Waals surface area (Å²) in [5.41, 5.74) is -0.247. The van der Waals surface area contributed by atoms with Crippen molar-refractivity contribution >= 4 is 11.8 Å². The van der Waals surface area contributed by atoms with Crippen molar-refractivity contribution in [3.63, 3.8) is 0 Å². The number of nitrogens with zero attached hydrogens (tertiary/aromatic N) is 2. The van der Waals surface area contributed by atoms with Gasteiger partial charge in [0.25, 0.3) is 0 Å². The molecule has 124 valence electrons. The summed E-state index contributed by atoms with van der Waals surface area (Å²) in [6.07, 6.45) is 4.04. The Morgan fingerprint density at radius 3 is 2.59 bits per heavy atom. The van der Waals surface area contributed by atoms with Crippen LogP contribution in [0.5, 0.6) is 0 Å². The molecular formula is C16H27N3O3. The van der Waals surface area contributed by atoms with E-state index >= 15 is 0 Å². The molecule has 1 saturated carbocycles. The molecule has 2 aliphatic heterocycles. The zero-order chi connectivity index (χ0) is 15.7. The molecule has 1 spiro atoms. The Bertz CT molecular complexity index is 444. The molecule has 3 aliphatic rings. The van der Waals surface area contributed by atoms with E-state index in [0.717, 1.165) is 25.4 Å². The number of carbonyl (C=O) groups excluding carboxylic acids is 2. The Morgan fingerprint density at radius 2 is 2.00 bits per heavy atom. The first-order valence-corrected chi connectivity index (χ1v) is 8.44. The van der Waals surface area contributed by atoms with Gasteiger partial charge in [0.2, 0.25) is 11.8 Å². The van der Waals surface area contributed by atoms with Gasteiger partial charge < -0.3 is 15.0 Å². The maximum Gasteiger partial charge on any atom is 0.239 e. The molecule has 3 rings (SSSR count). The lowest BCUT2D eigenvalue weighted by Crippen LogP contribution is -2.73. The van der Waals surface area contributed by atoms with Gasteiger partial charge in [0.1, 0.15) is 11.6 Å². The minimum Gasteiger partial charge on any atom is -0.368 e. The second-order valence-corrected chi connectivity index (χ2v) is 7.00. The van der Waals surface area contributed by atoms with Crippen molar-refractivity contribution < 1.29 is 14.3 Å². The lowest BCUT2D eigenvalue weighted by molar-refractivity contribution is -0.204. The van der Waals surface area contributed by atoms with E-state index in [1.807, 2.05) is 11.8 Å². The van der Waals surface area contributed by atoms with Crippen LogP contribution in [-0.2, 0) is 14.3 Å². The lowest BCUT2D eigenvalue weighted by Gasteiger charge is -2.55. The molecule has 0 bridgehead atoms. The van der Waals surface area contributed by atoms with E-state index in [2.05, 4.69) is 10.2 Å². The second kappa shape index (κ2) is 6.16. The van der Waals surface area contributed by atoms with Gasteiger partial charge in [-0.2, -0.15) is 0 Å². The highest BCUT2D eigenvalue weighted by atomic mass is 16.5. The van der Waals surface area contributed by atoms with Gasteiger partial charge in [-0.25, -0.2) is 0 Å². The quantitative estimate of drug-likeness (QED) is 0.789. The highest BCUT2D eigenvalue weighted by molar-refractivity contribution is 5.82. The number of likely N-dealkylation sites (N-methyl/N-ethyl adjacent to an activating group) is 1. The zero-order valence-electron chi connectivity index (χ0n) is 13.6. The van der Waals surface area contributed by atoms with Gasteiger partial charge >= 0.3 is 0 Å². The molecule has 6 heteroatoms. The van der Waals surface area contributed by atoms with Crippen LogP contribution >= 0.6 is 0 Å². The molecule has 0 unspecified atom stereocenters. The van der Waals surface area contributed by atoms with Crippen LogP contribution in [0.1, 0.15) is 32.6 Å². The SMILES string of the molecule is CCCC(=O)N1CC2(C1)CN(CC1CC1)[C@@H](C(=O)NC)CO2. The Hall–Kier alpha value is -1.14. The van der Waals surface area contributed by atoms with E-state index < -0.39 is 0 Å². The maximum absolute atomic E-state index is 12.1. The molecule has 1 aliphatic carbocycles. The van der Waals surface area contributed by atoms with Crippen LogP contribution in [0.25, 0.3) is 0 Å². The van der Waals surface area contributed by atoms with Crippen LogP contribution in [-0.4, -0.2) is 73.1 Å². The number of hydrogen-bond acceptors (Lipinski definition) is 4. The van der Waals surface area contributed by atoms with E-state index in [1.165, 1.54) is 12.8 Å². The summed E-state index contributed by atoms with van der Waals surface area (Å²) in [5.74, 6) is 0.993. The van der Waals surface area contributed by atoms with Gasteiger partial charge in [-0.3, -0.25) is 14.5 Å². The fourth-order valence-corrected chi connectivity index (χ4v) is 3.51. The normalized spacial score (nSPS) is 27.5. The summed E-state index contributed by atoms with van der Waals surface area (Å²) in [6, 6.07) is -0.184. The average Bonchev–Trinajstić information content (AvgIpc) is 3.28. The summed E-state index contributed by atoms with van der Waals surface area (Å²) in [7, 11) is 1.68. The van der Waals surface area contributed by atoms with Gasteiger partial charge in [0.05, 0.1) is 19.7 Å². The summed E-state index contributed by atoms with van der Waals surface area (Å²) in [6.45, 7) is 5.54. The van der Waals surface area contributed by atoms with Gasteiger partial charge in [-0.15, -0.1) is 0 Å². The second-order valence-electron chi connectivity index (χ2n) is 7.00. The van der Waals surface area contributed by atoms with E-state index in [0.29, 0.717) is 26.1 Å². The molecule has 6 nitrogen and oxygen atoms in total. The molecule has 2 heterocycles. The van der Waals surface area contributed by atoms with Crippen LogP contribution < -0.4 is 5.32 Å². The number of ether oxygens (including phenoxy) is 1. The van der Waals surface area contributed by atoms with Crippen molar-refractivity contribution in [2.45, 2.75) is 44.2 Å². The van der Waals surface area contributed by atoms with Gasteiger partial charge in [0, 0.05) is 26.6 Å². The summed E-state index contributed by atoms with van der Waals surface area (Å²) < 4.78 is 6.03. The molecule has 3 fully saturated rings. The first kappa shape index (κ1) is 15.7. The topological polar surface area (TPSA) is 61.9 Å². The number of amides is 2.